The van der Waals surface area contributed by atoms with Crippen molar-refractivity contribution in [2.75, 3.05) is 11.1 Å². The van der Waals surface area contributed by atoms with Crippen molar-refractivity contribution in [1.82, 2.24) is 4.98 Å². The molecule has 0 aliphatic carbocycles. The lowest BCUT2D eigenvalue weighted by molar-refractivity contribution is 0.688. The number of aryl methyl sites for hydroxylation is 1. The van der Waals surface area contributed by atoms with Crippen LogP contribution in [-0.2, 0) is 0 Å². The highest BCUT2D eigenvalue weighted by atomic mass is 15.0. The number of hydrogen-bond donors (Lipinski definition) is 2. The summed E-state index contributed by atoms with van der Waals surface area (Å²) >= 11 is 0. The first-order valence-electron chi connectivity index (χ1n) is 5.12. The zero-order chi connectivity index (χ0) is 10.6. The van der Waals surface area contributed by atoms with Gasteiger partial charge in [-0.1, -0.05) is 13.3 Å². The molecule has 1 aromatic heterocycles. The van der Waals surface area contributed by atoms with Crippen LogP contribution in [-0.4, -0.2) is 11.0 Å². The summed E-state index contributed by atoms with van der Waals surface area (Å²) in [5, 5.41) is 3.30. The molecule has 3 nitrogen and oxygen atoms in total. The molecule has 0 radical (unpaired) electrons. The van der Waals surface area contributed by atoms with Crippen LogP contribution in [0.2, 0.25) is 0 Å². The quantitative estimate of drug-likeness (QED) is 0.772. The molecule has 0 aliphatic rings. The van der Waals surface area contributed by atoms with Crippen LogP contribution in [0, 0.1) is 6.92 Å². The summed E-state index contributed by atoms with van der Waals surface area (Å²) in [6.07, 6.45) is 4.13. The van der Waals surface area contributed by atoms with Gasteiger partial charge in [-0.2, -0.15) is 0 Å². The van der Waals surface area contributed by atoms with Crippen LogP contribution in [0.3, 0.4) is 0 Å². The van der Waals surface area contributed by atoms with Crippen molar-refractivity contribution in [2.45, 2.75) is 39.7 Å². The molecule has 1 aromatic rings. The number of hydrogen-bond acceptors (Lipinski definition) is 3. The van der Waals surface area contributed by atoms with Crippen molar-refractivity contribution < 1.29 is 0 Å². The molecule has 0 bridgehead atoms. The van der Waals surface area contributed by atoms with Gasteiger partial charge in [-0.15, -0.1) is 0 Å². The minimum absolute atomic E-state index is 0.428. The van der Waals surface area contributed by atoms with Gasteiger partial charge in [0.05, 0.1) is 5.69 Å². The Kier molecular flexibility index (Phi) is 3.74. The zero-order valence-corrected chi connectivity index (χ0v) is 9.17. The van der Waals surface area contributed by atoms with Gasteiger partial charge in [0, 0.05) is 12.2 Å². The number of aromatic nitrogens is 1. The van der Waals surface area contributed by atoms with E-state index in [1.54, 1.807) is 0 Å². The maximum Gasteiger partial charge on any atom is 0.149 e. The van der Waals surface area contributed by atoms with Crippen LogP contribution < -0.4 is 11.1 Å². The Morgan fingerprint density at radius 1 is 1.57 bits per heavy atom. The molecule has 3 heteroatoms. The molecule has 0 fully saturated rings. The largest absolute Gasteiger partial charge is 0.396 e. The van der Waals surface area contributed by atoms with Crippen molar-refractivity contribution >= 4 is 11.5 Å². The van der Waals surface area contributed by atoms with Crippen LogP contribution in [0.5, 0.6) is 0 Å². The first-order valence-corrected chi connectivity index (χ1v) is 5.12. The van der Waals surface area contributed by atoms with Gasteiger partial charge < -0.3 is 11.1 Å². The third-order valence-electron chi connectivity index (χ3n) is 2.16. The lowest BCUT2D eigenvalue weighted by Gasteiger charge is -2.15. The Hall–Kier alpha value is -1.25. The predicted octanol–water partition coefficient (Wildman–Crippen LogP) is 2.57. The molecule has 1 atom stereocenters. The zero-order valence-electron chi connectivity index (χ0n) is 9.17. The first-order chi connectivity index (χ1) is 6.63. The molecular weight excluding hydrogens is 174 g/mol. The summed E-state index contributed by atoms with van der Waals surface area (Å²) in [6.45, 7) is 6.30. The van der Waals surface area contributed by atoms with Gasteiger partial charge >= 0.3 is 0 Å². The van der Waals surface area contributed by atoms with Gasteiger partial charge in [0.25, 0.3) is 0 Å². The first kappa shape index (κ1) is 10.8. The highest BCUT2D eigenvalue weighted by Gasteiger charge is 2.04. The molecule has 1 rings (SSSR count). The molecule has 78 valence electrons. The summed E-state index contributed by atoms with van der Waals surface area (Å²) in [6, 6.07) is 2.37. The van der Waals surface area contributed by atoms with E-state index >= 15 is 0 Å². The predicted molar refractivity (Wildman–Crippen MR) is 61.4 cm³/mol. The fraction of sp³-hybridized carbons (Fsp3) is 0.545. The Labute approximate surface area is 85.7 Å². The van der Waals surface area contributed by atoms with E-state index < -0.39 is 0 Å². The summed E-state index contributed by atoms with van der Waals surface area (Å²) in [5.74, 6) is 0.802. The molecule has 1 heterocycles. The summed E-state index contributed by atoms with van der Waals surface area (Å²) < 4.78 is 0. The molecule has 3 N–H and O–H groups in total. The van der Waals surface area contributed by atoms with Gasteiger partial charge in [0.1, 0.15) is 5.82 Å². The van der Waals surface area contributed by atoms with Gasteiger partial charge in [-0.05, 0) is 31.9 Å². The van der Waals surface area contributed by atoms with E-state index in [0.29, 0.717) is 6.04 Å². The van der Waals surface area contributed by atoms with Crippen LogP contribution in [0.15, 0.2) is 12.3 Å². The van der Waals surface area contributed by atoms with Gasteiger partial charge in [0.15, 0.2) is 0 Å². The average Bonchev–Trinajstić information content (AvgIpc) is 2.10. The van der Waals surface area contributed by atoms with Crippen LogP contribution in [0.4, 0.5) is 11.5 Å². The van der Waals surface area contributed by atoms with Crippen molar-refractivity contribution in [3.05, 3.63) is 17.8 Å². The molecule has 1 unspecified atom stereocenters. The summed E-state index contributed by atoms with van der Waals surface area (Å²) in [5.41, 5.74) is 7.66. The second kappa shape index (κ2) is 4.84. The third kappa shape index (κ3) is 2.91. The fourth-order valence-electron chi connectivity index (χ4n) is 1.45. The fourth-order valence-corrected chi connectivity index (χ4v) is 1.45. The van der Waals surface area contributed by atoms with Gasteiger partial charge in [-0.3, -0.25) is 0 Å². The van der Waals surface area contributed by atoms with Crippen molar-refractivity contribution in [2.24, 2.45) is 0 Å². The van der Waals surface area contributed by atoms with Crippen LogP contribution >= 0.6 is 0 Å². The molecule has 0 aromatic carbocycles. The average molecular weight is 193 g/mol. The third-order valence-corrected chi connectivity index (χ3v) is 2.16. The molecule has 0 aliphatic heterocycles. The molecule has 0 saturated carbocycles. The standard InChI is InChI=1S/C11H19N3/c1-4-5-9(3)14-11-10(12)6-8(2)7-13-11/h6-7,9H,4-5,12H2,1-3H3,(H,13,14). The van der Waals surface area contributed by atoms with Crippen molar-refractivity contribution in [3.8, 4) is 0 Å². The summed E-state index contributed by atoms with van der Waals surface area (Å²) in [7, 11) is 0. The van der Waals surface area contributed by atoms with E-state index in [0.717, 1.165) is 23.5 Å². The molecule has 0 spiro atoms. The number of nitrogens with one attached hydrogen (secondary N) is 1. The maximum atomic E-state index is 5.84. The molecule has 0 saturated heterocycles. The number of nitrogens with zero attached hydrogens (tertiary/aromatic N) is 1. The second-order valence-corrected chi connectivity index (χ2v) is 3.78. The maximum absolute atomic E-state index is 5.84. The van der Waals surface area contributed by atoms with Crippen LogP contribution in [0.25, 0.3) is 0 Å². The lowest BCUT2D eigenvalue weighted by Crippen LogP contribution is -2.16. The Balaban J connectivity index is 2.67. The van der Waals surface area contributed by atoms with E-state index in [1.165, 1.54) is 6.42 Å². The van der Waals surface area contributed by atoms with E-state index in [-0.39, 0.29) is 0 Å². The van der Waals surface area contributed by atoms with E-state index in [2.05, 4.69) is 24.1 Å². The van der Waals surface area contributed by atoms with Gasteiger partial charge in [-0.25, -0.2) is 4.98 Å². The van der Waals surface area contributed by atoms with Crippen molar-refractivity contribution in [3.63, 3.8) is 0 Å². The molecule has 14 heavy (non-hydrogen) atoms. The minimum atomic E-state index is 0.428. The molecule has 0 amide bonds. The van der Waals surface area contributed by atoms with E-state index in [4.69, 9.17) is 5.73 Å². The van der Waals surface area contributed by atoms with Crippen molar-refractivity contribution in [1.29, 1.82) is 0 Å². The monoisotopic (exact) mass is 193 g/mol. The Bertz CT molecular complexity index is 297. The number of rotatable bonds is 4. The Morgan fingerprint density at radius 2 is 2.29 bits per heavy atom. The van der Waals surface area contributed by atoms with E-state index in [1.807, 2.05) is 19.2 Å². The normalized spacial score (nSPS) is 12.5. The Morgan fingerprint density at radius 3 is 2.86 bits per heavy atom. The highest BCUT2D eigenvalue weighted by Crippen LogP contribution is 2.17. The minimum Gasteiger partial charge on any atom is -0.396 e. The highest BCUT2D eigenvalue weighted by molar-refractivity contribution is 5.61. The topological polar surface area (TPSA) is 50.9 Å². The number of nitrogens with two attached hydrogens (primary N) is 1. The molecular formula is C11H19N3. The van der Waals surface area contributed by atoms with E-state index in [9.17, 15) is 0 Å². The number of anilines is 2. The lowest BCUT2D eigenvalue weighted by atomic mass is 10.2. The second-order valence-electron chi connectivity index (χ2n) is 3.78. The van der Waals surface area contributed by atoms with Gasteiger partial charge in [0.2, 0.25) is 0 Å². The smallest absolute Gasteiger partial charge is 0.149 e. The van der Waals surface area contributed by atoms with Crippen LogP contribution in [0.1, 0.15) is 32.3 Å². The summed E-state index contributed by atoms with van der Waals surface area (Å²) in [4.78, 5) is 4.26. The number of nitrogen functional groups attached to an aromatic ring is 1. The number of pyridine rings is 1. The SMILES string of the molecule is CCCC(C)Nc1ncc(C)cc1N.